The molecular formula is C20H17ClN6O2. The van der Waals surface area contributed by atoms with Gasteiger partial charge in [-0.25, -0.2) is 4.98 Å². The number of H-pyrrole nitrogens is 1. The summed E-state index contributed by atoms with van der Waals surface area (Å²) in [6.07, 6.45) is 4.56. The molecule has 0 saturated carbocycles. The number of rotatable bonds is 4. The Morgan fingerprint density at radius 1 is 1.24 bits per heavy atom. The Bertz CT molecular complexity index is 1280. The minimum atomic E-state index is -0.313. The summed E-state index contributed by atoms with van der Waals surface area (Å²) in [5.41, 5.74) is 2.86. The van der Waals surface area contributed by atoms with E-state index < -0.39 is 0 Å². The maximum Gasteiger partial charge on any atom is 0.263 e. The number of nitrogens with one attached hydrogen (secondary N) is 2. The van der Waals surface area contributed by atoms with E-state index in [-0.39, 0.29) is 17.5 Å². The molecule has 0 aliphatic heterocycles. The molecule has 2 N–H and O–H groups in total. The van der Waals surface area contributed by atoms with Crippen molar-refractivity contribution in [3.8, 4) is 11.3 Å². The van der Waals surface area contributed by atoms with Crippen molar-refractivity contribution in [2.45, 2.75) is 13.0 Å². The number of carbonyl (C=O) groups is 1. The van der Waals surface area contributed by atoms with Gasteiger partial charge in [-0.1, -0.05) is 23.7 Å². The first kappa shape index (κ1) is 18.8. The van der Waals surface area contributed by atoms with Crippen molar-refractivity contribution >= 4 is 28.4 Å². The van der Waals surface area contributed by atoms with Crippen LogP contribution in [0.1, 0.15) is 28.9 Å². The fourth-order valence-corrected chi connectivity index (χ4v) is 3.34. The van der Waals surface area contributed by atoms with Crippen LogP contribution in [0.5, 0.6) is 0 Å². The molecule has 8 nitrogen and oxygen atoms in total. The lowest BCUT2D eigenvalue weighted by Crippen LogP contribution is -2.25. The second-order valence-corrected chi connectivity index (χ2v) is 6.90. The molecule has 0 saturated heterocycles. The molecule has 0 spiro atoms. The number of fused-ring (bicyclic) bond motifs is 1. The molecule has 3 aromatic heterocycles. The third-order valence-electron chi connectivity index (χ3n) is 4.81. The fraction of sp³-hybridized carbons (Fsp3) is 0.150. The van der Waals surface area contributed by atoms with Gasteiger partial charge in [0, 0.05) is 18.8 Å². The lowest BCUT2D eigenvalue weighted by atomic mass is 10.0. The monoisotopic (exact) mass is 408 g/mol. The number of aromatic amines is 1. The molecule has 0 fully saturated rings. The third-order valence-corrected chi connectivity index (χ3v) is 5.10. The molecule has 0 aliphatic carbocycles. The number of hydrogen-bond donors (Lipinski definition) is 2. The highest BCUT2D eigenvalue weighted by Gasteiger charge is 2.15. The summed E-state index contributed by atoms with van der Waals surface area (Å²) in [6.45, 7) is 1.88. The average Bonchev–Trinajstić information content (AvgIpc) is 3.18. The molecule has 1 amide bonds. The number of carbonyl (C=O) groups excluding carboxylic acids is 1. The van der Waals surface area contributed by atoms with Gasteiger partial charge in [0.1, 0.15) is 5.15 Å². The van der Waals surface area contributed by atoms with E-state index in [0.29, 0.717) is 32.9 Å². The number of hydrogen-bond acceptors (Lipinski definition) is 5. The molecular weight excluding hydrogens is 392 g/mol. The molecule has 0 unspecified atom stereocenters. The zero-order valence-electron chi connectivity index (χ0n) is 15.7. The van der Waals surface area contributed by atoms with Crippen LogP contribution in [0.15, 0.2) is 53.8 Å². The van der Waals surface area contributed by atoms with Gasteiger partial charge < -0.3 is 5.32 Å². The van der Waals surface area contributed by atoms with Crippen molar-refractivity contribution in [2.75, 3.05) is 7.05 Å². The van der Waals surface area contributed by atoms with Crippen LogP contribution in [-0.4, -0.2) is 37.7 Å². The molecule has 29 heavy (non-hydrogen) atoms. The summed E-state index contributed by atoms with van der Waals surface area (Å²) in [7, 11) is 1.58. The van der Waals surface area contributed by atoms with E-state index in [1.165, 1.54) is 17.1 Å². The van der Waals surface area contributed by atoms with Gasteiger partial charge in [0.05, 0.1) is 40.7 Å². The van der Waals surface area contributed by atoms with E-state index in [2.05, 4.69) is 25.5 Å². The van der Waals surface area contributed by atoms with E-state index in [9.17, 15) is 9.59 Å². The summed E-state index contributed by atoms with van der Waals surface area (Å²) in [5, 5.41) is 9.89. The van der Waals surface area contributed by atoms with Crippen LogP contribution in [0.2, 0.25) is 5.15 Å². The van der Waals surface area contributed by atoms with Crippen LogP contribution in [0, 0.1) is 0 Å². The van der Waals surface area contributed by atoms with Crippen LogP contribution < -0.4 is 10.9 Å². The van der Waals surface area contributed by atoms with Gasteiger partial charge in [0.25, 0.3) is 11.5 Å². The Kier molecular flexibility index (Phi) is 4.85. The van der Waals surface area contributed by atoms with E-state index in [4.69, 9.17) is 11.6 Å². The van der Waals surface area contributed by atoms with Crippen molar-refractivity contribution in [1.29, 1.82) is 0 Å². The largest absolute Gasteiger partial charge is 0.355 e. The van der Waals surface area contributed by atoms with Crippen LogP contribution in [0.25, 0.3) is 22.2 Å². The maximum absolute atomic E-state index is 13.0. The molecule has 3 heterocycles. The minimum absolute atomic E-state index is 0.183. The first-order valence-electron chi connectivity index (χ1n) is 8.87. The fourth-order valence-electron chi connectivity index (χ4n) is 3.15. The molecule has 0 aliphatic rings. The summed E-state index contributed by atoms with van der Waals surface area (Å²) in [6, 6.07) is 8.54. The van der Waals surface area contributed by atoms with Crippen LogP contribution in [0.3, 0.4) is 0 Å². The zero-order chi connectivity index (χ0) is 20.5. The number of pyridine rings is 1. The third kappa shape index (κ3) is 3.38. The number of halogens is 1. The Hall–Kier alpha value is -3.52. The van der Waals surface area contributed by atoms with Crippen molar-refractivity contribution in [2.24, 2.45) is 0 Å². The first-order chi connectivity index (χ1) is 14.0. The van der Waals surface area contributed by atoms with E-state index >= 15 is 0 Å². The summed E-state index contributed by atoms with van der Waals surface area (Å²) in [4.78, 5) is 33.7. The molecule has 4 aromatic rings. The summed E-state index contributed by atoms with van der Waals surface area (Å²) in [5.74, 6) is -0.183. The zero-order valence-corrected chi connectivity index (χ0v) is 16.4. The quantitative estimate of drug-likeness (QED) is 0.540. The van der Waals surface area contributed by atoms with Crippen molar-refractivity contribution < 1.29 is 4.79 Å². The van der Waals surface area contributed by atoms with E-state index in [1.54, 1.807) is 37.5 Å². The molecule has 4 rings (SSSR count). The van der Waals surface area contributed by atoms with Gasteiger partial charge in [-0.05, 0) is 30.7 Å². The first-order valence-corrected chi connectivity index (χ1v) is 9.25. The second kappa shape index (κ2) is 7.48. The standard InChI is InChI=1S/C20H17ClN6O2/c1-11(12-4-3-5-13(6-12)19(28)22-2)27-10-24-17-7-16(14-9-25-26-18(14)21)23-8-15(17)20(27)29/h3-11H,1-2H3,(H,22,28)(H,25,26)/t11-/m1/s1. The maximum atomic E-state index is 13.0. The molecule has 1 aromatic carbocycles. The van der Waals surface area contributed by atoms with Gasteiger partial charge in [-0.15, -0.1) is 0 Å². The van der Waals surface area contributed by atoms with E-state index in [1.807, 2.05) is 13.0 Å². The predicted octanol–water partition coefficient (Wildman–Crippen LogP) is 2.80. The smallest absolute Gasteiger partial charge is 0.263 e. The van der Waals surface area contributed by atoms with Crippen molar-refractivity contribution in [3.05, 3.63) is 75.7 Å². The van der Waals surface area contributed by atoms with Crippen molar-refractivity contribution in [3.63, 3.8) is 0 Å². The highest BCUT2D eigenvalue weighted by molar-refractivity contribution is 6.32. The lowest BCUT2D eigenvalue weighted by Gasteiger charge is -2.16. The van der Waals surface area contributed by atoms with Crippen molar-refractivity contribution in [1.82, 2.24) is 30.0 Å². The van der Waals surface area contributed by atoms with Gasteiger partial charge in [-0.2, -0.15) is 5.10 Å². The Balaban J connectivity index is 1.75. The Morgan fingerprint density at radius 2 is 2.07 bits per heavy atom. The Labute approximate surface area is 170 Å². The minimum Gasteiger partial charge on any atom is -0.355 e. The number of aromatic nitrogens is 5. The highest BCUT2D eigenvalue weighted by Crippen LogP contribution is 2.25. The Morgan fingerprint density at radius 3 is 2.79 bits per heavy atom. The SMILES string of the molecule is CNC(=O)c1cccc([C@@H](C)n2cnc3cc(-c4cn[nH]c4Cl)ncc3c2=O)c1. The number of benzene rings is 1. The average molecular weight is 409 g/mol. The van der Waals surface area contributed by atoms with Gasteiger partial charge in [0.2, 0.25) is 0 Å². The predicted molar refractivity (Wildman–Crippen MR) is 110 cm³/mol. The van der Waals surface area contributed by atoms with Crippen LogP contribution >= 0.6 is 11.6 Å². The van der Waals surface area contributed by atoms with Gasteiger partial charge in [0.15, 0.2) is 0 Å². The topological polar surface area (TPSA) is 106 Å². The number of amides is 1. The van der Waals surface area contributed by atoms with Crippen LogP contribution in [-0.2, 0) is 0 Å². The van der Waals surface area contributed by atoms with Crippen LogP contribution in [0.4, 0.5) is 0 Å². The molecule has 0 bridgehead atoms. The summed E-state index contributed by atoms with van der Waals surface area (Å²) >= 11 is 6.06. The lowest BCUT2D eigenvalue weighted by molar-refractivity contribution is 0.0963. The molecule has 0 radical (unpaired) electrons. The van der Waals surface area contributed by atoms with Gasteiger partial charge in [-0.3, -0.25) is 24.2 Å². The molecule has 1 atom stereocenters. The molecule has 9 heteroatoms. The second-order valence-electron chi connectivity index (χ2n) is 6.52. The highest BCUT2D eigenvalue weighted by atomic mass is 35.5. The van der Waals surface area contributed by atoms with E-state index in [0.717, 1.165) is 5.56 Å². The summed E-state index contributed by atoms with van der Waals surface area (Å²) < 4.78 is 1.53. The normalized spacial score (nSPS) is 12.1. The molecule has 146 valence electrons. The number of nitrogens with zero attached hydrogens (tertiary/aromatic N) is 4. The van der Waals surface area contributed by atoms with Gasteiger partial charge >= 0.3 is 0 Å².